The van der Waals surface area contributed by atoms with Crippen LogP contribution >= 0.6 is 0 Å². The molecule has 0 atom stereocenters. The molecular formula is C26H21N5O2. The van der Waals surface area contributed by atoms with Crippen LogP contribution in [0.25, 0.3) is 16.6 Å². The van der Waals surface area contributed by atoms with E-state index in [-0.39, 0.29) is 5.56 Å². The number of rotatable bonds is 6. The van der Waals surface area contributed by atoms with Gasteiger partial charge in [-0.2, -0.15) is 0 Å². The van der Waals surface area contributed by atoms with Gasteiger partial charge in [0, 0.05) is 29.7 Å². The van der Waals surface area contributed by atoms with Gasteiger partial charge in [0.05, 0.1) is 19.2 Å². The van der Waals surface area contributed by atoms with Crippen LogP contribution in [0, 0.1) is 0 Å². The standard InChI is InChI=1S/C26H21N5O2/c1-33-23-10-6-14-31-25(23)30-24(29-20-11-12-22-19(15-20)9-5-13-28-22)21(26(31)32)17-27-16-18-7-3-2-4-8-18/h2-15,17,29H,16H2,1H3/b27-17+. The number of ether oxygens (including phenoxy) is 1. The number of hydrogen-bond donors (Lipinski definition) is 1. The number of nitrogens with zero attached hydrogens (tertiary/aromatic N) is 4. The van der Waals surface area contributed by atoms with Crippen molar-refractivity contribution in [3.8, 4) is 5.75 Å². The van der Waals surface area contributed by atoms with Gasteiger partial charge in [-0.05, 0) is 42.0 Å². The molecule has 0 saturated carbocycles. The summed E-state index contributed by atoms with van der Waals surface area (Å²) in [6.07, 6.45) is 5.02. The minimum absolute atomic E-state index is 0.235. The Bertz CT molecular complexity index is 1530. The van der Waals surface area contributed by atoms with Crippen molar-refractivity contribution in [3.05, 3.63) is 107 Å². The monoisotopic (exact) mass is 435 g/mol. The lowest BCUT2D eigenvalue weighted by Crippen LogP contribution is -2.22. The number of pyridine rings is 2. The van der Waals surface area contributed by atoms with E-state index < -0.39 is 0 Å². The third kappa shape index (κ3) is 4.16. The summed E-state index contributed by atoms with van der Waals surface area (Å²) < 4.78 is 6.90. The summed E-state index contributed by atoms with van der Waals surface area (Å²) in [5.74, 6) is 0.915. The maximum absolute atomic E-state index is 13.4. The second kappa shape index (κ2) is 8.92. The smallest absolute Gasteiger partial charge is 0.268 e. The van der Waals surface area contributed by atoms with Gasteiger partial charge in [-0.25, -0.2) is 4.98 Å². The summed E-state index contributed by atoms with van der Waals surface area (Å²) in [7, 11) is 1.56. The van der Waals surface area contributed by atoms with Crippen LogP contribution in [-0.4, -0.2) is 27.7 Å². The molecule has 0 aliphatic heterocycles. The second-order valence-electron chi connectivity index (χ2n) is 7.44. The molecule has 3 aromatic heterocycles. The maximum Gasteiger partial charge on any atom is 0.268 e. The van der Waals surface area contributed by atoms with E-state index in [9.17, 15) is 4.79 Å². The Labute approximate surface area is 190 Å². The highest BCUT2D eigenvalue weighted by Gasteiger charge is 2.14. The van der Waals surface area contributed by atoms with Crippen LogP contribution < -0.4 is 15.6 Å². The zero-order valence-electron chi connectivity index (χ0n) is 18.0. The topological polar surface area (TPSA) is 80.9 Å². The molecule has 0 bridgehead atoms. The van der Waals surface area contributed by atoms with Crippen LogP contribution in [0.1, 0.15) is 11.1 Å². The molecule has 0 saturated heterocycles. The molecule has 0 unspecified atom stereocenters. The molecule has 3 heterocycles. The van der Waals surface area contributed by atoms with E-state index in [1.165, 1.54) is 4.40 Å². The van der Waals surface area contributed by atoms with Crippen molar-refractivity contribution in [2.75, 3.05) is 12.4 Å². The van der Waals surface area contributed by atoms with Crippen molar-refractivity contribution in [1.82, 2.24) is 14.4 Å². The molecule has 0 radical (unpaired) electrons. The Hall–Kier alpha value is -4.52. The predicted octanol–water partition coefficient (Wildman–Crippen LogP) is 4.61. The Morgan fingerprint density at radius 3 is 2.79 bits per heavy atom. The van der Waals surface area contributed by atoms with E-state index in [4.69, 9.17) is 9.72 Å². The van der Waals surface area contributed by atoms with Gasteiger partial charge in [0.2, 0.25) is 0 Å². The van der Waals surface area contributed by atoms with E-state index in [1.54, 1.807) is 37.9 Å². The van der Waals surface area contributed by atoms with Gasteiger partial charge in [0.25, 0.3) is 5.56 Å². The first-order valence-corrected chi connectivity index (χ1v) is 10.5. The number of aromatic nitrogens is 3. The van der Waals surface area contributed by atoms with Crippen molar-refractivity contribution < 1.29 is 4.74 Å². The lowest BCUT2D eigenvalue weighted by atomic mass is 10.2. The Kier molecular flexibility index (Phi) is 5.51. The highest BCUT2D eigenvalue weighted by molar-refractivity contribution is 5.89. The molecule has 1 N–H and O–H groups in total. The lowest BCUT2D eigenvalue weighted by molar-refractivity contribution is 0.416. The first-order chi connectivity index (χ1) is 16.2. The van der Waals surface area contributed by atoms with Gasteiger partial charge in [0.15, 0.2) is 11.4 Å². The van der Waals surface area contributed by atoms with Gasteiger partial charge in [-0.1, -0.05) is 36.4 Å². The van der Waals surface area contributed by atoms with Crippen molar-refractivity contribution >= 4 is 34.3 Å². The Balaban J connectivity index is 1.60. The van der Waals surface area contributed by atoms with Crippen molar-refractivity contribution in [3.63, 3.8) is 0 Å². The van der Waals surface area contributed by atoms with Gasteiger partial charge in [-0.15, -0.1) is 0 Å². The normalized spacial score (nSPS) is 11.3. The van der Waals surface area contributed by atoms with Crippen molar-refractivity contribution in [2.45, 2.75) is 6.54 Å². The van der Waals surface area contributed by atoms with E-state index in [1.807, 2.05) is 60.7 Å². The lowest BCUT2D eigenvalue weighted by Gasteiger charge is -2.13. The molecule has 7 nitrogen and oxygen atoms in total. The van der Waals surface area contributed by atoms with Gasteiger partial charge >= 0.3 is 0 Å². The summed E-state index contributed by atoms with van der Waals surface area (Å²) in [5.41, 5.74) is 3.29. The van der Waals surface area contributed by atoms with Gasteiger partial charge in [-0.3, -0.25) is 19.2 Å². The van der Waals surface area contributed by atoms with Crippen LogP contribution in [-0.2, 0) is 6.54 Å². The zero-order chi connectivity index (χ0) is 22.6. The van der Waals surface area contributed by atoms with Crippen LogP contribution in [0.4, 0.5) is 11.5 Å². The predicted molar refractivity (Wildman–Crippen MR) is 131 cm³/mol. The minimum atomic E-state index is -0.235. The average molecular weight is 435 g/mol. The first kappa shape index (κ1) is 20.4. The first-order valence-electron chi connectivity index (χ1n) is 10.5. The second-order valence-corrected chi connectivity index (χ2v) is 7.44. The number of aliphatic imine (C=N–C) groups is 1. The number of nitrogens with one attached hydrogen (secondary N) is 1. The molecule has 2 aromatic carbocycles. The molecule has 162 valence electrons. The van der Waals surface area contributed by atoms with Crippen LogP contribution in [0.5, 0.6) is 5.75 Å². The van der Waals surface area contributed by atoms with Crippen LogP contribution in [0.15, 0.2) is 95.0 Å². The summed E-state index contributed by atoms with van der Waals surface area (Å²) in [4.78, 5) is 27.0. The number of methoxy groups -OCH3 is 1. The molecular weight excluding hydrogens is 414 g/mol. The van der Waals surface area contributed by atoms with Gasteiger partial charge in [0.1, 0.15) is 11.4 Å². The zero-order valence-corrected chi connectivity index (χ0v) is 18.0. The van der Waals surface area contributed by atoms with E-state index in [2.05, 4.69) is 15.3 Å². The third-order valence-electron chi connectivity index (χ3n) is 5.28. The molecule has 0 spiro atoms. The van der Waals surface area contributed by atoms with Crippen molar-refractivity contribution in [1.29, 1.82) is 0 Å². The Morgan fingerprint density at radius 1 is 1.06 bits per heavy atom. The summed E-state index contributed by atoms with van der Waals surface area (Å²) in [5, 5.41) is 4.28. The van der Waals surface area contributed by atoms with E-state index >= 15 is 0 Å². The minimum Gasteiger partial charge on any atom is -0.493 e. The summed E-state index contributed by atoms with van der Waals surface area (Å²) >= 11 is 0. The highest BCUT2D eigenvalue weighted by Crippen LogP contribution is 2.24. The van der Waals surface area contributed by atoms with Crippen LogP contribution in [0.2, 0.25) is 0 Å². The summed E-state index contributed by atoms with van der Waals surface area (Å²) in [6, 6.07) is 23.1. The molecule has 0 aliphatic rings. The maximum atomic E-state index is 13.4. The molecule has 5 rings (SSSR count). The number of benzene rings is 2. The summed E-state index contributed by atoms with van der Waals surface area (Å²) in [6.45, 7) is 0.460. The quantitative estimate of drug-likeness (QED) is 0.394. The molecule has 33 heavy (non-hydrogen) atoms. The fourth-order valence-corrected chi connectivity index (χ4v) is 3.64. The third-order valence-corrected chi connectivity index (χ3v) is 5.28. The molecule has 0 fully saturated rings. The molecule has 7 heteroatoms. The van der Waals surface area contributed by atoms with Crippen molar-refractivity contribution in [2.24, 2.45) is 4.99 Å². The largest absolute Gasteiger partial charge is 0.493 e. The molecule has 0 aliphatic carbocycles. The Morgan fingerprint density at radius 2 is 1.94 bits per heavy atom. The fraction of sp³-hybridized carbons (Fsp3) is 0.0769. The number of anilines is 2. The number of hydrogen-bond acceptors (Lipinski definition) is 6. The van der Waals surface area contributed by atoms with Crippen LogP contribution in [0.3, 0.4) is 0 Å². The number of fused-ring (bicyclic) bond motifs is 2. The van der Waals surface area contributed by atoms with Gasteiger partial charge < -0.3 is 10.1 Å². The highest BCUT2D eigenvalue weighted by atomic mass is 16.5. The SMILES string of the molecule is COc1cccn2c(=O)c(/C=N/Cc3ccccc3)c(Nc3ccc4ncccc4c3)nc12. The molecule has 0 amide bonds. The molecule has 5 aromatic rings. The van der Waals surface area contributed by atoms with E-state index in [0.29, 0.717) is 29.3 Å². The average Bonchev–Trinajstić information content (AvgIpc) is 2.86. The van der Waals surface area contributed by atoms with E-state index in [0.717, 1.165) is 22.2 Å². The fourth-order valence-electron chi connectivity index (χ4n) is 3.64.